The lowest BCUT2D eigenvalue weighted by Crippen LogP contribution is -1.96. The van der Waals surface area contributed by atoms with Gasteiger partial charge < -0.3 is 14.4 Å². The maximum Gasteiger partial charge on any atom is 0.165 e. The van der Waals surface area contributed by atoms with E-state index in [2.05, 4.69) is 4.98 Å². The van der Waals surface area contributed by atoms with Gasteiger partial charge in [0.1, 0.15) is 5.82 Å². The first-order valence-electron chi connectivity index (χ1n) is 5.55. The molecule has 2 rings (SSSR count). The Morgan fingerprint density at radius 2 is 2.17 bits per heavy atom. The van der Waals surface area contributed by atoms with Gasteiger partial charge in [0.25, 0.3) is 0 Å². The van der Waals surface area contributed by atoms with Gasteiger partial charge in [-0.2, -0.15) is 0 Å². The van der Waals surface area contributed by atoms with Crippen molar-refractivity contribution in [2.24, 2.45) is 7.05 Å². The normalized spacial score (nSPS) is 10.7. The summed E-state index contributed by atoms with van der Waals surface area (Å²) in [6.07, 6.45) is 0. The number of imidazole rings is 1. The lowest BCUT2D eigenvalue weighted by molar-refractivity contribution is 0.276. The van der Waals surface area contributed by atoms with E-state index in [0.717, 1.165) is 5.69 Å². The molecule has 96 valence electrons. The van der Waals surface area contributed by atoms with Gasteiger partial charge in [0.15, 0.2) is 11.6 Å². The predicted octanol–water partition coefficient (Wildman–Crippen LogP) is 2.04. The van der Waals surface area contributed by atoms with Crippen LogP contribution in [-0.4, -0.2) is 21.8 Å². The Hall–Kier alpha value is -1.88. The Bertz CT molecular complexity index is 579. The standard InChI is InChI=1S/C13H15FN2O2/c1-8-11(7-17)15-13(16(8)2)9-4-5-12(18-3)10(14)6-9/h4-6,17H,7H2,1-3H3. The predicted molar refractivity (Wildman–Crippen MR) is 65.8 cm³/mol. The molecule has 0 aliphatic heterocycles. The van der Waals surface area contributed by atoms with E-state index >= 15 is 0 Å². The quantitative estimate of drug-likeness (QED) is 0.906. The number of methoxy groups -OCH3 is 1. The van der Waals surface area contributed by atoms with Crippen LogP contribution in [0.4, 0.5) is 4.39 Å². The lowest BCUT2D eigenvalue weighted by atomic mass is 10.2. The van der Waals surface area contributed by atoms with Crippen LogP contribution >= 0.6 is 0 Å². The first kappa shape index (κ1) is 12.6. The highest BCUT2D eigenvalue weighted by Crippen LogP contribution is 2.26. The van der Waals surface area contributed by atoms with E-state index in [1.807, 2.05) is 18.5 Å². The lowest BCUT2D eigenvalue weighted by Gasteiger charge is -2.06. The van der Waals surface area contributed by atoms with Crippen LogP contribution in [-0.2, 0) is 13.7 Å². The first-order chi connectivity index (χ1) is 8.58. The smallest absolute Gasteiger partial charge is 0.165 e. The number of hydrogen-bond acceptors (Lipinski definition) is 3. The zero-order chi connectivity index (χ0) is 13.3. The Morgan fingerprint density at radius 3 is 2.67 bits per heavy atom. The third kappa shape index (κ3) is 1.97. The van der Waals surface area contributed by atoms with Gasteiger partial charge in [0.05, 0.1) is 19.4 Å². The Labute approximate surface area is 105 Å². The Balaban J connectivity index is 2.52. The molecule has 1 aromatic carbocycles. The summed E-state index contributed by atoms with van der Waals surface area (Å²) in [5.74, 6) is 0.395. The molecule has 0 spiro atoms. The third-order valence-corrected chi connectivity index (χ3v) is 3.04. The van der Waals surface area contributed by atoms with Crippen molar-refractivity contribution in [3.63, 3.8) is 0 Å². The number of aliphatic hydroxyl groups excluding tert-OH is 1. The number of ether oxygens (including phenoxy) is 1. The second-order valence-corrected chi connectivity index (χ2v) is 4.03. The minimum absolute atomic E-state index is 0.127. The van der Waals surface area contributed by atoms with Gasteiger partial charge in [-0.15, -0.1) is 0 Å². The van der Waals surface area contributed by atoms with E-state index in [1.165, 1.54) is 13.2 Å². The third-order valence-electron chi connectivity index (χ3n) is 3.04. The summed E-state index contributed by atoms with van der Waals surface area (Å²) in [5, 5.41) is 9.17. The number of aromatic nitrogens is 2. The van der Waals surface area contributed by atoms with Gasteiger partial charge in [-0.1, -0.05) is 0 Å². The fourth-order valence-electron chi connectivity index (χ4n) is 1.85. The van der Waals surface area contributed by atoms with Crippen LogP contribution in [0.3, 0.4) is 0 Å². The highest BCUT2D eigenvalue weighted by molar-refractivity contribution is 5.58. The van der Waals surface area contributed by atoms with E-state index in [1.54, 1.807) is 12.1 Å². The van der Waals surface area contributed by atoms with Crippen molar-refractivity contribution < 1.29 is 14.2 Å². The van der Waals surface area contributed by atoms with E-state index in [-0.39, 0.29) is 12.4 Å². The second kappa shape index (κ2) is 4.78. The molecule has 0 amide bonds. The zero-order valence-corrected chi connectivity index (χ0v) is 10.6. The molecule has 0 atom stereocenters. The van der Waals surface area contributed by atoms with Crippen molar-refractivity contribution in [3.8, 4) is 17.1 Å². The number of nitrogens with zero attached hydrogens (tertiary/aromatic N) is 2. The largest absolute Gasteiger partial charge is 0.494 e. The Morgan fingerprint density at radius 1 is 1.44 bits per heavy atom. The SMILES string of the molecule is COc1ccc(-c2nc(CO)c(C)n2C)cc1F. The second-order valence-electron chi connectivity index (χ2n) is 4.03. The summed E-state index contributed by atoms with van der Waals surface area (Å²) in [4.78, 5) is 4.30. The molecule has 4 nitrogen and oxygen atoms in total. The zero-order valence-electron chi connectivity index (χ0n) is 10.6. The summed E-state index contributed by atoms with van der Waals surface area (Å²) in [5.41, 5.74) is 2.12. The molecule has 0 saturated heterocycles. The van der Waals surface area contributed by atoms with Crippen LogP contribution in [0.15, 0.2) is 18.2 Å². The van der Waals surface area contributed by atoms with Gasteiger partial charge in [-0.05, 0) is 25.1 Å². The van der Waals surface area contributed by atoms with Crippen molar-refractivity contribution in [2.45, 2.75) is 13.5 Å². The van der Waals surface area contributed by atoms with Crippen molar-refractivity contribution in [1.82, 2.24) is 9.55 Å². The molecule has 5 heteroatoms. The van der Waals surface area contributed by atoms with Gasteiger partial charge in [0.2, 0.25) is 0 Å². The van der Waals surface area contributed by atoms with Gasteiger partial charge >= 0.3 is 0 Å². The van der Waals surface area contributed by atoms with Gasteiger partial charge in [0, 0.05) is 18.3 Å². The molecule has 0 fully saturated rings. The molecule has 0 aliphatic rings. The minimum Gasteiger partial charge on any atom is -0.494 e. The topological polar surface area (TPSA) is 47.3 Å². The van der Waals surface area contributed by atoms with Crippen molar-refractivity contribution >= 4 is 0 Å². The summed E-state index contributed by atoms with van der Waals surface area (Å²) < 4.78 is 20.3. The maximum absolute atomic E-state index is 13.6. The van der Waals surface area contributed by atoms with Crippen molar-refractivity contribution in [1.29, 1.82) is 0 Å². The number of aliphatic hydroxyl groups is 1. The fourth-order valence-corrected chi connectivity index (χ4v) is 1.85. The van der Waals surface area contributed by atoms with Crippen LogP contribution < -0.4 is 4.74 Å². The number of benzene rings is 1. The monoisotopic (exact) mass is 250 g/mol. The van der Waals surface area contributed by atoms with Crippen LogP contribution in [0.25, 0.3) is 11.4 Å². The first-order valence-corrected chi connectivity index (χ1v) is 5.55. The molecule has 0 saturated carbocycles. The van der Waals surface area contributed by atoms with Crippen LogP contribution in [0, 0.1) is 12.7 Å². The summed E-state index contributed by atoms with van der Waals surface area (Å²) >= 11 is 0. The molecule has 0 aliphatic carbocycles. The number of halogens is 1. The van der Waals surface area contributed by atoms with E-state index < -0.39 is 5.82 Å². The molecule has 18 heavy (non-hydrogen) atoms. The average Bonchev–Trinajstić information content (AvgIpc) is 2.66. The Kier molecular flexibility index (Phi) is 3.34. The van der Waals surface area contributed by atoms with Gasteiger partial charge in [-0.3, -0.25) is 0 Å². The molecular weight excluding hydrogens is 235 g/mol. The molecule has 1 heterocycles. The minimum atomic E-state index is -0.429. The summed E-state index contributed by atoms with van der Waals surface area (Å²) in [6.45, 7) is 1.74. The van der Waals surface area contributed by atoms with E-state index in [9.17, 15) is 4.39 Å². The molecule has 0 bridgehead atoms. The average molecular weight is 250 g/mol. The van der Waals surface area contributed by atoms with Crippen LogP contribution in [0.1, 0.15) is 11.4 Å². The number of rotatable bonds is 3. The molecule has 1 N–H and O–H groups in total. The summed E-state index contributed by atoms with van der Waals surface area (Å²) in [6, 6.07) is 4.68. The van der Waals surface area contributed by atoms with Crippen LogP contribution in [0.5, 0.6) is 5.75 Å². The van der Waals surface area contributed by atoms with E-state index in [4.69, 9.17) is 9.84 Å². The number of hydrogen-bond donors (Lipinski definition) is 1. The highest BCUT2D eigenvalue weighted by Gasteiger charge is 2.13. The summed E-state index contributed by atoms with van der Waals surface area (Å²) in [7, 11) is 3.26. The van der Waals surface area contributed by atoms with Crippen LogP contribution in [0.2, 0.25) is 0 Å². The maximum atomic E-state index is 13.6. The van der Waals surface area contributed by atoms with Crippen molar-refractivity contribution in [2.75, 3.05) is 7.11 Å². The molecular formula is C13H15FN2O2. The molecule has 2 aromatic rings. The van der Waals surface area contributed by atoms with Gasteiger partial charge in [-0.25, -0.2) is 9.37 Å². The van der Waals surface area contributed by atoms with Crippen molar-refractivity contribution in [3.05, 3.63) is 35.4 Å². The highest BCUT2D eigenvalue weighted by atomic mass is 19.1. The molecule has 0 radical (unpaired) electrons. The molecule has 1 aromatic heterocycles. The fraction of sp³-hybridized carbons (Fsp3) is 0.308. The van der Waals surface area contributed by atoms with E-state index in [0.29, 0.717) is 17.1 Å². The molecule has 0 unspecified atom stereocenters.